The minimum atomic E-state index is -0.607. The lowest BCUT2D eigenvalue weighted by molar-refractivity contribution is -0.389. The van der Waals surface area contributed by atoms with Gasteiger partial charge in [-0.05, 0) is 39.2 Å². The maximum atomic E-state index is 12.5. The summed E-state index contributed by atoms with van der Waals surface area (Å²) in [6, 6.07) is 13.2. The zero-order valence-corrected chi connectivity index (χ0v) is 17.6. The summed E-state index contributed by atoms with van der Waals surface area (Å²) in [7, 11) is 0. The summed E-state index contributed by atoms with van der Waals surface area (Å²) in [5.41, 5.74) is 2.79. The van der Waals surface area contributed by atoms with Crippen molar-refractivity contribution < 1.29 is 9.72 Å². The molecule has 158 valence electrons. The fourth-order valence-corrected chi connectivity index (χ4v) is 4.06. The maximum Gasteiger partial charge on any atom is 0.381 e. The van der Waals surface area contributed by atoms with Gasteiger partial charge in [-0.1, -0.05) is 47.5 Å². The molecule has 0 fully saturated rings. The van der Waals surface area contributed by atoms with E-state index in [0.717, 1.165) is 22.0 Å². The van der Waals surface area contributed by atoms with Crippen molar-refractivity contribution in [1.82, 2.24) is 19.9 Å². The van der Waals surface area contributed by atoms with Crippen LogP contribution in [0.3, 0.4) is 0 Å². The second kappa shape index (κ2) is 8.79. The summed E-state index contributed by atoms with van der Waals surface area (Å²) >= 11 is 12.6. The Hall–Kier alpha value is -3.36. The molecule has 2 aromatic heterocycles. The molecule has 1 amide bonds. The molecule has 4 aromatic rings. The van der Waals surface area contributed by atoms with Crippen molar-refractivity contribution in [3.63, 3.8) is 0 Å². The minimum Gasteiger partial charge on any atom is -0.361 e. The van der Waals surface area contributed by atoms with Crippen LogP contribution in [0.25, 0.3) is 10.9 Å². The van der Waals surface area contributed by atoms with Gasteiger partial charge in [-0.25, -0.2) is 0 Å². The Labute approximate surface area is 187 Å². The largest absolute Gasteiger partial charge is 0.381 e. The smallest absolute Gasteiger partial charge is 0.361 e. The molecular weight excluding hydrogens is 441 g/mol. The van der Waals surface area contributed by atoms with Crippen LogP contribution in [0.1, 0.15) is 17.0 Å². The van der Waals surface area contributed by atoms with Gasteiger partial charge in [0.2, 0.25) is 12.2 Å². The monoisotopic (exact) mass is 457 g/mol. The summed E-state index contributed by atoms with van der Waals surface area (Å²) in [6.45, 7) is 0.189. The van der Waals surface area contributed by atoms with Crippen LogP contribution in [0, 0.1) is 10.1 Å². The van der Waals surface area contributed by atoms with Gasteiger partial charge in [0.25, 0.3) is 0 Å². The van der Waals surface area contributed by atoms with Crippen LogP contribution < -0.4 is 5.32 Å². The average molecular weight is 458 g/mol. The summed E-state index contributed by atoms with van der Waals surface area (Å²) in [4.78, 5) is 29.6. The first-order valence-corrected chi connectivity index (χ1v) is 10.1. The Morgan fingerprint density at radius 3 is 2.77 bits per heavy atom. The van der Waals surface area contributed by atoms with E-state index in [1.807, 2.05) is 36.5 Å². The van der Waals surface area contributed by atoms with E-state index in [0.29, 0.717) is 10.0 Å². The average Bonchev–Trinajstić information content (AvgIpc) is 3.37. The van der Waals surface area contributed by atoms with Gasteiger partial charge in [0.05, 0.1) is 0 Å². The third-order valence-corrected chi connectivity index (χ3v) is 5.53. The highest BCUT2D eigenvalue weighted by molar-refractivity contribution is 6.35. The first-order valence-electron chi connectivity index (χ1n) is 9.36. The summed E-state index contributed by atoms with van der Waals surface area (Å²) in [6.07, 6.45) is 4.38. The number of fused-ring (bicyclic) bond motifs is 1. The number of amides is 1. The number of aromatic nitrogens is 3. The summed E-state index contributed by atoms with van der Waals surface area (Å²) < 4.78 is 1.36. The molecule has 0 bridgehead atoms. The number of rotatable bonds is 7. The number of benzene rings is 2. The molecule has 31 heavy (non-hydrogen) atoms. The Kier molecular flexibility index (Phi) is 5.92. The number of hydrogen-bond acceptors (Lipinski definition) is 4. The number of nitrogens with one attached hydrogen (secondary N) is 2. The summed E-state index contributed by atoms with van der Waals surface area (Å²) in [5.74, 6) is -0.846. The van der Waals surface area contributed by atoms with Crippen molar-refractivity contribution >= 4 is 45.8 Å². The molecule has 0 spiro atoms. The van der Waals surface area contributed by atoms with Crippen molar-refractivity contribution in [3.05, 3.63) is 92.5 Å². The normalized spacial score (nSPS) is 12.1. The lowest BCUT2D eigenvalue weighted by Crippen LogP contribution is -2.31. The molecule has 2 N–H and O–H groups in total. The number of aromatic amines is 1. The van der Waals surface area contributed by atoms with E-state index in [9.17, 15) is 14.9 Å². The number of halogens is 2. The van der Waals surface area contributed by atoms with E-state index >= 15 is 0 Å². The highest BCUT2D eigenvalue weighted by Crippen LogP contribution is 2.35. The van der Waals surface area contributed by atoms with Crippen LogP contribution in [-0.4, -0.2) is 31.9 Å². The molecule has 2 heterocycles. The van der Waals surface area contributed by atoms with Crippen molar-refractivity contribution in [2.45, 2.75) is 12.5 Å². The molecule has 0 saturated heterocycles. The second-order valence-corrected chi connectivity index (χ2v) is 7.82. The van der Waals surface area contributed by atoms with Gasteiger partial charge in [0.15, 0.2) is 0 Å². The molecular formula is C21H17Cl2N5O3. The summed E-state index contributed by atoms with van der Waals surface area (Å²) in [5, 5.41) is 15.7. The quantitative estimate of drug-likeness (QED) is 0.314. The fourth-order valence-electron chi connectivity index (χ4n) is 3.52. The molecule has 0 unspecified atom stereocenters. The molecule has 8 nitrogen and oxygen atoms in total. The van der Waals surface area contributed by atoms with Gasteiger partial charge < -0.3 is 25.0 Å². The van der Waals surface area contributed by atoms with Crippen LogP contribution in [0.5, 0.6) is 0 Å². The predicted octanol–water partition coefficient (Wildman–Crippen LogP) is 4.53. The Morgan fingerprint density at radius 2 is 2.03 bits per heavy atom. The van der Waals surface area contributed by atoms with Crippen molar-refractivity contribution in [3.8, 4) is 0 Å². The highest BCUT2D eigenvalue weighted by atomic mass is 35.5. The molecule has 0 aliphatic carbocycles. The maximum absolute atomic E-state index is 12.5. The van der Waals surface area contributed by atoms with Crippen LogP contribution >= 0.6 is 23.2 Å². The number of imidazole rings is 1. The van der Waals surface area contributed by atoms with Crippen LogP contribution in [0.2, 0.25) is 10.0 Å². The van der Waals surface area contributed by atoms with E-state index in [1.54, 1.807) is 12.1 Å². The molecule has 0 aliphatic heterocycles. The van der Waals surface area contributed by atoms with Crippen molar-refractivity contribution in [2.75, 3.05) is 6.54 Å². The van der Waals surface area contributed by atoms with Crippen molar-refractivity contribution in [1.29, 1.82) is 0 Å². The van der Waals surface area contributed by atoms with E-state index in [4.69, 9.17) is 23.2 Å². The highest BCUT2D eigenvalue weighted by Gasteiger charge is 2.22. The lowest BCUT2D eigenvalue weighted by Gasteiger charge is -2.20. The Morgan fingerprint density at radius 1 is 1.23 bits per heavy atom. The SMILES string of the molecule is O=C(Cn1cnc([N+](=O)[O-])c1)NC[C@H](c1ccc(Cl)cc1Cl)c1c[nH]c2ccccc12. The second-order valence-electron chi connectivity index (χ2n) is 6.97. The van der Waals surface area contributed by atoms with E-state index in [2.05, 4.69) is 15.3 Å². The van der Waals surface area contributed by atoms with Crippen LogP contribution in [0.15, 0.2) is 61.2 Å². The molecule has 0 aliphatic rings. The van der Waals surface area contributed by atoms with Gasteiger partial charge >= 0.3 is 5.82 Å². The number of hydrogen-bond donors (Lipinski definition) is 2. The third-order valence-electron chi connectivity index (χ3n) is 4.97. The molecule has 2 aromatic carbocycles. The first-order chi connectivity index (χ1) is 14.9. The van der Waals surface area contributed by atoms with Gasteiger partial charge in [0.1, 0.15) is 12.7 Å². The number of carbonyl (C=O) groups excluding carboxylic acids is 1. The van der Waals surface area contributed by atoms with Crippen molar-refractivity contribution in [2.24, 2.45) is 0 Å². The molecule has 1 atom stereocenters. The minimum absolute atomic E-state index is 0.0875. The topological polar surface area (TPSA) is 106 Å². The Balaban J connectivity index is 1.58. The zero-order valence-electron chi connectivity index (χ0n) is 16.1. The fraction of sp³-hybridized carbons (Fsp3) is 0.143. The molecule has 0 radical (unpaired) electrons. The lowest BCUT2D eigenvalue weighted by atomic mass is 9.90. The van der Waals surface area contributed by atoms with Gasteiger partial charge in [0, 0.05) is 39.6 Å². The number of para-hydroxylation sites is 1. The Bertz CT molecular complexity index is 1270. The van der Waals surface area contributed by atoms with E-state index in [1.165, 1.54) is 17.1 Å². The third kappa shape index (κ3) is 4.55. The number of H-pyrrole nitrogens is 1. The van der Waals surface area contributed by atoms with Crippen LogP contribution in [0.4, 0.5) is 5.82 Å². The van der Waals surface area contributed by atoms with Gasteiger partial charge in [-0.3, -0.25) is 4.79 Å². The predicted molar refractivity (Wildman–Crippen MR) is 118 cm³/mol. The molecule has 10 heteroatoms. The molecule has 0 saturated carbocycles. The van der Waals surface area contributed by atoms with Gasteiger partial charge in [-0.2, -0.15) is 0 Å². The van der Waals surface area contributed by atoms with E-state index in [-0.39, 0.29) is 30.7 Å². The number of nitro groups is 1. The number of nitrogens with zero attached hydrogens (tertiary/aromatic N) is 3. The standard InChI is InChI=1S/C21H17Cl2N5O3/c22-13-5-6-14(18(23)7-13)16(17-8-24-19-4-2-1-3-15(17)19)9-25-21(29)11-27-10-20(26-12-27)28(30)31/h1-8,10,12,16,24H,9,11H2,(H,25,29)/t16-/m1/s1. The zero-order chi connectivity index (χ0) is 22.0. The van der Waals surface area contributed by atoms with Gasteiger partial charge in [-0.15, -0.1) is 0 Å². The van der Waals surface area contributed by atoms with E-state index < -0.39 is 4.92 Å². The molecule has 4 rings (SSSR count). The first kappa shape index (κ1) is 20.9. The number of carbonyl (C=O) groups is 1. The van der Waals surface area contributed by atoms with Crippen LogP contribution in [-0.2, 0) is 11.3 Å².